The molecule has 186 valence electrons. The second-order valence-corrected chi connectivity index (χ2v) is 12.1. The van der Waals surface area contributed by atoms with Crippen LogP contribution in [-0.2, 0) is 22.4 Å². The molecule has 2 unspecified atom stereocenters. The van der Waals surface area contributed by atoms with Crippen molar-refractivity contribution in [1.82, 2.24) is 5.27 Å². The zero-order valence-electron chi connectivity index (χ0n) is 20.4. The van der Waals surface area contributed by atoms with Crippen molar-refractivity contribution in [2.24, 2.45) is 11.3 Å². The van der Waals surface area contributed by atoms with Gasteiger partial charge in [0.25, 0.3) is 5.03 Å². The number of hydrogen-bond donors (Lipinski definition) is 1. The van der Waals surface area contributed by atoms with E-state index in [4.69, 9.17) is 9.26 Å². The second kappa shape index (κ2) is 10.0. The molecule has 3 aromatic rings. The van der Waals surface area contributed by atoms with Crippen molar-refractivity contribution < 1.29 is 28.6 Å². The summed E-state index contributed by atoms with van der Waals surface area (Å²) in [6.07, 6.45) is 2.62. The highest BCUT2D eigenvalue weighted by Gasteiger charge is 2.35. The van der Waals surface area contributed by atoms with E-state index < -0.39 is 17.2 Å². The number of fused-ring (bicyclic) bond motifs is 1. The molecule has 1 N–H and O–H groups in total. The Bertz CT molecular complexity index is 1230. The number of ether oxygens (including phenoxy) is 1. The molecule has 4 rings (SSSR count). The van der Waals surface area contributed by atoms with Crippen molar-refractivity contribution in [2.45, 2.75) is 57.2 Å². The van der Waals surface area contributed by atoms with Gasteiger partial charge < -0.3 is 19.7 Å². The number of carbonyl (C=O) groups excluding carboxylic acids is 2. The zero-order valence-corrected chi connectivity index (χ0v) is 22.0. The maximum Gasteiger partial charge on any atom is 0.341 e. The minimum Gasteiger partial charge on any atom is -0.538 e. The predicted molar refractivity (Wildman–Crippen MR) is 132 cm³/mol. The zero-order chi connectivity index (χ0) is 25.3. The van der Waals surface area contributed by atoms with Crippen LogP contribution in [0.15, 0.2) is 39.9 Å². The first-order chi connectivity index (χ1) is 16.6. The van der Waals surface area contributed by atoms with Crippen LogP contribution in [0.5, 0.6) is 5.95 Å². The van der Waals surface area contributed by atoms with Gasteiger partial charge in [-0.3, -0.25) is 4.79 Å². The first kappa shape index (κ1) is 25.2. The van der Waals surface area contributed by atoms with Crippen molar-refractivity contribution in [2.75, 3.05) is 12.4 Å². The molecule has 1 aliphatic carbocycles. The van der Waals surface area contributed by atoms with Gasteiger partial charge in [0.15, 0.2) is 5.95 Å². The van der Waals surface area contributed by atoms with E-state index in [-0.39, 0.29) is 16.3 Å². The Hall–Kier alpha value is -2.85. The van der Waals surface area contributed by atoms with Crippen LogP contribution >= 0.6 is 23.1 Å². The highest BCUT2D eigenvalue weighted by atomic mass is 32.2. The first-order valence-electron chi connectivity index (χ1n) is 11.4. The van der Waals surface area contributed by atoms with Crippen molar-refractivity contribution in [1.29, 1.82) is 0 Å². The number of nitrogens with zero attached hydrogens (tertiary/aromatic N) is 2. The number of thiophene rings is 1. The van der Waals surface area contributed by atoms with Crippen molar-refractivity contribution in [3.05, 3.63) is 46.3 Å². The van der Waals surface area contributed by atoms with Crippen LogP contribution in [0.4, 0.5) is 5.00 Å². The lowest BCUT2D eigenvalue weighted by atomic mass is 9.72. The second-order valence-electron chi connectivity index (χ2n) is 9.67. The third-order valence-corrected chi connectivity index (χ3v) is 8.65. The Morgan fingerprint density at radius 1 is 1.31 bits per heavy atom. The molecule has 10 heteroatoms. The number of amides is 1. The minimum absolute atomic E-state index is 0.157. The van der Waals surface area contributed by atoms with Crippen molar-refractivity contribution in [3.63, 3.8) is 0 Å². The molecular weight excluding hydrogens is 486 g/mol. The summed E-state index contributed by atoms with van der Waals surface area (Å²) in [5.74, 6) is -0.898. The van der Waals surface area contributed by atoms with E-state index in [1.807, 2.05) is 18.2 Å². The largest absolute Gasteiger partial charge is 0.538 e. The van der Waals surface area contributed by atoms with E-state index in [1.54, 1.807) is 19.1 Å². The molecule has 1 aliphatic rings. The van der Waals surface area contributed by atoms with Crippen LogP contribution < -0.4 is 15.1 Å². The number of benzene rings is 1. The summed E-state index contributed by atoms with van der Waals surface area (Å²) in [5, 5.41) is 19.1. The smallest absolute Gasteiger partial charge is 0.341 e. The van der Waals surface area contributed by atoms with E-state index in [0.29, 0.717) is 22.2 Å². The van der Waals surface area contributed by atoms with Gasteiger partial charge in [-0.1, -0.05) is 39.0 Å². The minimum atomic E-state index is -0.649. The van der Waals surface area contributed by atoms with Crippen molar-refractivity contribution in [3.8, 4) is 11.6 Å². The van der Waals surface area contributed by atoms with Gasteiger partial charge in [0.1, 0.15) is 5.00 Å². The normalized spacial score (nSPS) is 16.4. The molecule has 2 heterocycles. The van der Waals surface area contributed by atoms with Crippen LogP contribution in [0.2, 0.25) is 0 Å². The Labute approximate surface area is 212 Å². The summed E-state index contributed by atoms with van der Waals surface area (Å²) in [7, 11) is 1.35. The number of carbonyl (C=O) groups is 2. The van der Waals surface area contributed by atoms with Gasteiger partial charge in [-0.05, 0) is 59.5 Å². The predicted octanol–water partition coefficient (Wildman–Crippen LogP) is 4.14. The number of thioether (sulfide) groups is 1. The fraction of sp³-hybridized carbons (Fsp3) is 0.440. The number of methoxy groups -OCH3 is 1. The Balaban J connectivity index is 1.56. The number of rotatable bonds is 6. The third kappa shape index (κ3) is 5.23. The molecule has 0 saturated heterocycles. The number of hydrogen-bond acceptors (Lipinski definition) is 8. The standard InChI is InChI=1S/C25H29N3O5S2/c1-14(34-22-24(31)33-27-28(22)16-9-7-6-8-10-16)20(29)26-21-19(23(30)32-5)17-12-11-15(25(2,3)4)13-18(17)35-21/h6-10,14-15H,11-13H2,1-5H3,(H-,26,27,29,30,31). The summed E-state index contributed by atoms with van der Waals surface area (Å²) in [6, 6.07) is 9.08. The molecular formula is C25H29N3O5S2. The highest BCUT2D eigenvalue weighted by Crippen LogP contribution is 2.44. The van der Waals surface area contributed by atoms with Crippen LogP contribution in [0.3, 0.4) is 0 Å². The van der Waals surface area contributed by atoms with E-state index in [9.17, 15) is 14.7 Å². The summed E-state index contributed by atoms with van der Waals surface area (Å²) in [4.78, 5) is 26.9. The molecule has 0 fully saturated rings. The van der Waals surface area contributed by atoms with E-state index >= 15 is 0 Å². The summed E-state index contributed by atoms with van der Waals surface area (Å²) >= 11 is 2.50. The van der Waals surface area contributed by atoms with Gasteiger partial charge in [0.2, 0.25) is 11.6 Å². The van der Waals surface area contributed by atoms with E-state index in [2.05, 4.69) is 31.4 Å². The highest BCUT2D eigenvalue weighted by molar-refractivity contribution is 8.00. The molecule has 1 aromatic carbocycles. The molecule has 0 spiro atoms. The molecule has 35 heavy (non-hydrogen) atoms. The maximum atomic E-state index is 13.2. The molecule has 0 bridgehead atoms. The SMILES string of the molecule is COC(=O)c1c(NC(=O)C(C)Sc2c([O-])on[n+]2-c2ccccc2)sc2c1CCC(C(C)(C)C)C2. The molecule has 0 aliphatic heterocycles. The summed E-state index contributed by atoms with van der Waals surface area (Å²) in [5.41, 5.74) is 2.23. The fourth-order valence-corrected chi connectivity index (χ4v) is 6.43. The average Bonchev–Trinajstić information content (AvgIpc) is 3.37. The number of nitrogens with one attached hydrogen (secondary N) is 1. The van der Waals surface area contributed by atoms with Crippen LogP contribution in [0, 0.1) is 11.3 Å². The average molecular weight is 516 g/mol. The van der Waals surface area contributed by atoms with E-state index in [0.717, 1.165) is 41.5 Å². The fourth-order valence-electron chi connectivity index (χ4n) is 4.24. The topological polar surface area (TPSA) is 108 Å². The number of esters is 1. The number of anilines is 1. The molecule has 2 atom stereocenters. The lowest BCUT2D eigenvalue weighted by Crippen LogP contribution is -2.36. The Morgan fingerprint density at radius 2 is 2.03 bits per heavy atom. The lowest BCUT2D eigenvalue weighted by Gasteiger charge is -2.33. The van der Waals surface area contributed by atoms with Crippen LogP contribution in [-0.4, -0.2) is 29.5 Å². The van der Waals surface area contributed by atoms with Crippen molar-refractivity contribution >= 4 is 40.0 Å². The van der Waals surface area contributed by atoms with Gasteiger partial charge in [-0.2, -0.15) is 0 Å². The Morgan fingerprint density at radius 3 is 2.69 bits per heavy atom. The Kier molecular flexibility index (Phi) is 7.23. The maximum absolute atomic E-state index is 13.2. The monoisotopic (exact) mass is 515 g/mol. The van der Waals surface area contributed by atoms with Gasteiger partial charge in [0, 0.05) is 17.0 Å². The quantitative estimate of drug-likeness (QED) is 0.299. The van der Waals surface area contributed by atoms with Gasteiger partial charge in [-0.15, -0.1) is 11.3 Å². The summed E-state index contributed by atoms with van der Waals surface area (Å²) in [6.45, 7) is 8.39. The lowest BCUT2D eigenvalue weighted by molar-refractivity contribution is -0.705. The molecule has 2 aromatic heterocycles. The van der Waals surface area contributed by atoms with Gasteiger partial charge in [0.05, 0.1) is 23.2 Å². The van der Waals surface area contributed by atoms with Gasteiger partial charge in [-0.25, -0.2) is 4.79 Å². The van der Waals surface area contributed by atoms with Crippen LogP contribution in [0.25, 0.3) is 5.69 Å². The van der Waals surface area contributed by atoms with Gasteiger partial charge >= 0.3 is 5.97 Å². The number of para-hydroxylation sites is 1. The van der Waals surface area contributed by atoms with E-state index in [1.165, 1.54) is 23.1 Å². The molecule has 0 radical (unpaired) electrons. The number of aromatic nitrogens is 2. The third-order valence-electron chi connectivity index (χ3n) is 6.35. The molecule has 1 amide bonds. The molecule has 8 nitrogen and oxygen atoms in total. The summed E-state index contributed by atoms with van der Waals surface area (Å²) < 4.78 is 11.3. The first-order valence-corrected chi connectivity index (χ1v) is 13.1. The molecule has 0 saturated carbocycles. The van der Waals surface area contributed by atoms with Crippen LogP contribution in [0.1, 0.15) is 54.9 Å².